The summed E-state index contributed by atoms with van der Waals surface area (Å²) in [5.74, 6) is 0.471. The van der Waals surface area contributed by atoms with E-state index in [0.717, 1.165) is 31.7 Å². The monoisotopic (exact) mass is 219 g/mol. The van der Waals surface area contributed by atoms with E-state index in [9.17, 15) is 4.79 Å². The van der Waals surface area contributed by atoms with Gasteiger partial charge >= 0.3 is 0 Å². The molecule has 1 atom stereocenters. The summed E-state index contributed by atoms with van der Waals surface area (Å²) in [4.78, 5) is 11.7. The van der Waals surface area contributed by atoms with Gasteiger partial charge in [0.2, 0.25) is 5.91 Å². The van der Waals surface area contributed by atoms with Gasteiger partial charge in [0, 0.05) is 25.3 Å². The van der Waals surface area contributed by atoms with Gasteiger partial charge in [-0.05, 0) is 30.9 Å². The highest BCUT2D eigenvalue weighted by molar-refractivity contribution is 5.90. The van der Waals surface area contributed by atoms with E-state index in [4.69, 9.17) is 4.74 Å². The van der Waals surface area contributed by atoms with Crippen molar-refractivity contribution in [2.24, 2.45) is 5.92 Å². The van der Waals surface area contributed by atoms with Crippen molar-refractivity contribution in [3.8, 4) is 0 Å². The lowest BCUT2D eigenvalue weighted by molar-refractivity contribution is -0.118. The quantitative estimate of drug-likeness (QED) is 0.848. The predicted molar refractivity (Wildman–Crippen MR) is 63.2 cm³/mol. The summed E-state index contributed by atoms with van der Waals surface area (Å²) in [6.45, 7) is 1.57. The van der Waals surface area contributed by atoms with Crippen LogP contribution in [-0.2, 0) is 9.53 Å². The van der Waals surface area contributed by atoms with E-state index in [-0.39, 0.29) is 5.91 Å². The zero-order valence-corrected chi connectivity index (χ0v) is 9.32. The van der Waals surface area contributed by atoms with Crippen LogP contribution in [0.2, 0.25) is 0 Å². The van der Waals surface area contributed by atoms with Gasteiger partial charge in [-0.3, -0.25) is 4.79 Å². The van der Waals surface area contributed by atoms with Gasteiger partial charge in [-0.15, -0.1) is 0 Å². The van der Waals surface area contributed by atoms with Crippen LogP contribution in [-0.4, -0.2) is 19.1 Å². The van der Waals surface area contributed by atoms with E-state index < -0.39 is 0 Å². The summed E-state index contributed by atoms with van der Waals surface area (Å²) in [6, 6.07) is 9.56. The standard InChI is InChI=1S/C13H17NO2/c15-13(9-11-5-4-8-16-10-11)14-12-6-2-1-3-7-12/h1-3,6-7,11H,4-5,8-10H2,(H,14,15). The Morgan fingerprint density at radius 2 is 2.19 bits per heavy atom. The molecule has 2 rings (SSSR count). The van der Waals surface area contributed by atoms with Crippen molar-refractivity contribution in [1.29, 1.82) is 0 Å². The third kappa shape index (κ3) is 3.35. The average Bonchev–Trinajstić information content (AvgIpc) is 2.31. The second-order valence-corrected chi connectivity index (χ2v) is 4.20. The molecule has 3 nitrogen and oxygen atoms in total. The van der Waals surface area contributed by atoms with Crippen molar-refractivity contribution in [3.63, 3.8) is 0 Å². The Balaban J connectivity index is 1.80. The fourth-order valence-corrected chi connectivity index (χ4v) is 1.96. The zero-order valence-electron chi connectivity index (χ0n) is 9.32. The smallest absolute Gasteiger partial charge is 0.224 e. The van der Waals surface area contributed by atoms with E-state index in [1.165, 1.54) is 0 Å². The predicted octanol–water partition coefficient (Wildman–Crippen LogP) is 2.44. The highest BCUT2D eigenvalue weighted by Crippen LogP contribution is 2.18. The van der Waals surface area contributed by atoms with Crippen LogP contribution < -0.4 is 5.32 Å². The minimum absolute atomic E-state index is 0.0849. The number of para-hydroxylation sites is 1. The molecular weight excluding hydrogens is 202 g/mol. The van der Waals surface area contributed by atoms with Gasteiger partial charge in [0.15, 0.2) is 0 Å². The molecule has 1 N–H and O–H groups in total. The molecule has 0 aliphatic carbocycles. The van der Waals surface area contributed by atoms with E-state index >= 15 is 0 Å². The molecule has 1 unspecified atom stereocenters. The lowest BCUT2D eigenvalue weighted by Crippen LogP contribution is -2.23. The van der Waals surface area contributed by atoms with E-state index in [0.29, 0.717) is 12.3 Å². The summed E-state index contributed by atoms with van der Waals surface area (Å²) < 4.78 is 5.35. The summed E-state index contributed by atoms with van der Waals surface area (Å²) in [5.41, 5.74) is 0.865. The number of ether oxygens (including phenoxy) is 1. The van der Waals surface area contributed by atoms with E-state index in [1.807, 2.05) is 30.3 Å². The summed E-state index contributed by atoms with van der Waals surface area (Å²) >= 11 is 0. The molecule has 0 bridgehead atoms. The Hall–Kier alpha value is -1.35. The summed E-state index contributed by atoms with van der Waals surface area (Å²) in [5, 5.41) is 2.89. The number of hydrogen-bond donors (Lipinski definition) is 1. The number of anilines is 1. The minimum atomic E-state index is 0.0849. The van der Waals surface area contributed by atoms with Crippen molar-refractivity contribution in [1.82, 2.24) is 0 Å². The average molecular weight is 219 g/mol. The Kier molecular flexibility index (Phi) is 3.94. The van der Waals surface area contributed by atoms with Gasteiger partial charge in [-0.1, -0.05) is 18.2 Å². The molecule has 1 aliphatic heterocycles. The Bertz CT molecular complexity index is 331. The lowest BCUT2D eigenvalue weighted by Gasteiger charge is -2.21. The summed E-state index contributed by atoms with van der Waals surface area (Å²) in [6.07, 6.45) is 2.74. The second kappa shape index (κ2) is 5.66. The van der Waals surface area contributed by atoms with Crippen LogP contribution in [0.3, 0.4) is 0 Å². The molecular formula is C13H17NO2. The molecule has 3 heteroatoms. The molecule has 1 aromatic rings. The topological polar surface area (TPSA) is 38.3 Å². The number of amides is 1. The van der Waals surface area contributed by atoms with Crippen molar-refractivity contribution < 1.29 is 9.53 Å². The normalized spacial score (nSPS) is 20.4. The first kappa shape index (κ1) is 11.1. The first-order valence-corrected chi connectivity index (χ1v) is 5.77. The first-order chi connectivity index (χ1) is 7.84. The molecule has 1 amide bonds. The van der Waals surface area contributed by atoms with Crippen molar-refractivity contribution in [2.75, 3.05) is 18.5 Å². The van der Waals surface area contributed by atoms with E-state index in [1.54, 1.807) is 0 Å². The molecule has 0 saturated carbocycles. The SMILES string of the molecule is O=C(CC1CCCOC1)Nc1ccccc1. The zero-order chi connectivity index (χ0) is 11.2. The molecule has 1 aromatic carbocycles. The Labute approximate surface area is 95.8 Å². The molecule has 0 spiro atoms. The number of nitrogens with one attached hydrogen (secondary N) is 1. The third-order valence-electron chi connectivity index (χ3n) is 2.79. The molecule has 1 saturated heterocycles. The third-order valence-corrected chi connectivity index (χ3v) is 2.79. The van der Waals surface area contributed by atoms with Gasteiger partial charge < -0.3 is 10.1 Å². The van der Waals surface area contributed by atoms with Gasteiger partial charge in [0.1, 0.15) is 0 Å². The maximum Gasteiger partial charge on any atom is 0.224 e. The Morgan fingerprint density at radius 1 is 1.38 bits per heavy atom. The largest absolute Gasteiger partial charge is 0.381 e. The van der Waals surface area contributed by atoms with Gasteiger partial charge in [0.25, 0.3) is 0 Å². The number of hydrogen-bond acceptors (Lipinski definition) is 2. The van der Waals surface area contributed by atoms with Crippen LogP contribution >= 0.6 is 0 Å². The highest BCUT2D eigenvalue weighted by Gasteiger charge is 2.17. The highest BCUT2D eigenvalue weighted by atomic mass is 16.5. The van der Waals surface area contributed by atoms with Crippen molar-refractivity contribution in [3.05, 3.63) is 30.3 Å². The molecule has 86 valence electrons. The van der Waals surface area contributed by atoms with Gasteiger partial charge in [-0.25, -0.2) is 0 Å². The van der Waals surface area contributed by atoms with Crippen LogP contribution in [0, 0.1) is 5.92 Å². The molecule has 0 radical (unpaired) electrons. The summed E-state index contributed by atoms with van der Waals surface area (Å²) in [7, 11) is 0. The lowest BCUT2D eigenvalue weighted by atomic mass is 9.98. The second-order valence-electron chi connectivity index (χ2n) is 4.20. The molecule has 1 heterocycles. The van der Waals surface area contributed by atoms with Crippen LogP contribution in [0.15, 0.2) is 30.3 Å². The Morgan fingerprint density at radius 3 is 2.88 bits per heavy atom. The fourth-order valence-electron chi connectivity index (χ4n) is 1.96. The molecule has 1 aliphatic rings. The number of carbonyl (C=O) groups is 1. The van der Waals surface area contributed by atoms with Crippen molar-refractivity contribution in [2.45, 2.75) is 19.3 Å². The molecule has 1 fully saturated rings. The maximum atomic E-state index is 11.7. The van der Waals surface area contributed by atoms with Crippen LogP contribution in [0.4, 0.5) is 5.69 Å². The van der Waals surface area contributed by atoms with Crippen LogP contribution in [0.1, 0.15) is 19.3 Å². The fraction of sp³-hybridized carbons (Fsp3) is 0.462. The van der Waals surface area contributed by atoms with E-state index in [2.05, 4.69) is 5.32 Å². The minimum Gasteiger partial charge on any atom is -0.381 e. The number of benzene rings is 1. The van der Waals surface area contributed by atoms with Gasteiger partial charge in [-0.2, -0.15) is 0 Å². The van der Waals surface area contributed by atoms with Gasteiger partial charge in [0.05, 0.1) is 0 Å². The van der Waals surface area contributed by atoms with Crippen LogP contribution in [0.25, 0.3) is 0 Å². The van der Waals surface area contributed by atoms with Crippen LogP contribution in [0.5, 0.6) is 0 Å². The first-order valence-electron chi connectivity index (χ1n) is 5.77. The van der Waals surface area contributed by atoms with Crippen molar-refractivity contribution >= 4 is 11.6 Å². The maximum absolute atomic E-state index is 11.7. The number of carbonyl (C=O) groups excluding carboxylic acids is 1. The number of rotatable bonds is 3. The molecule has 16 heavy (non-hydrogen) atoms. The molecule has 0 aromatic heterocycles.